The Balaban J connectivity index is 1.62. The van der Waals surface area contributed by atoms with Gasteiger partial charge in [0.1, 0.15) is 5.75 Å². The lowest BCUT2D eigenvalue weighted by molar-refractivity contribution is 0.102. The molecule has 7 nitrogen and oxygen atoms in total. The Hall–Kier alpha value is -3.13. The van der Waals surface area contributed by atoms with Crippen molar-refractivity contribution in [2.45, 2.75) is 0 Å². The number of rotatable bonds is 4. The van der Waals surface area contributed by atoms with E-state index in [2.05, 4.69) is 31.4 Å². The highest BCUT2D eigenvalue weighted by Gasteiger charge is 2.18. The minimum absolute atomic E-state index is 0.0345. The zero-order valence-electron chi connectivity index (χ0n) is 13.5. The van der Waals surface area contributed by atoms with E-state index in [0.717, 1.165) is 10.8 Å². The van der Waals surface area contributed by atoms with Gasteiger partial charge >= 0.3 is 6.01 Å². The van der Waals surface area contributed by atoms with Crippen molar-refractivity contribution in [2.24, 2.45) is 0 Å². The average Bonchev–Trinajstić information content (AvgIpc) is 3.29. The molecule has 0 fully saturated rings. The van der Waals surface area contributed by atoms with Crippen LogP contribution in [-0.4, -0.2) is 23.2 Å². The zero-order valence-corrected chi connectivity index (χ0v) is 15.1. The van der Waals surface area contributed by atoms with Crippen LogP contribution in [0.5, 0.6) is 5.75 Å². The molecule has 8 heteroatoms. The number of anilines is 1. The van der Waals surface area contributed by atoms with E-state index in [9.17, 15) is 4.79 Å². The zero-order chi connectivity index (χ0) is 18.1. The van der Waals surface area contributed by atoms with Crippen LogP contribution < -0.4 is 10.1 Å². The van der Waals surface area contributed by atoms with Gasteiger partial charge < -0.3 is 13.6 Å². The van der Waals surface area contributed by atoms with Crippen molar-refractivity contribution >= 4 is 38.6 Å². The molecule has 2 aromatic heterocycles. The molecule has 0 saturated carbocycles. The number of carbonyl (C=O) groups is 1. The second-order valence-corrected chi connectivity index (χ2v) is 6.15. The quantitative estimate of drug-likeness (QED) is 0.529. The molecule has 0 saturated heterocycles. The fourth-order valence-electron chi connectivity index (χ4n) is 2.53. The summed E-state index contributed by atoms with van der Waals surface area (Å²) in [6.07, 6.45) is 0. The van der Waals surface area contributed by atoms with Crippen molar-refractivity contribution in [3.8, 4) is 17.4 Å². The normalized spacial score (nSPS) is 10.8. The predicted octanol–water partition coefficient (Wildman–Crippen LogP) is 4.51. The number of benzene rings is 2. The van der Waals surface area contributed by atoms with E-state index < -0.39 is 5.91 Å². The molecule has 0 radical (unpaired) electrons. The number of nitrogens with zero attached hydrogens (tertiary/aromatic N) is 2. The van der Waals surface area contributed by atoms with E-state index in [-0.39, 0.29) is 11.9 Å². The fourth-order valence-corrected chi connectivity index (χ4v) is 2.84. The van der Waals surface area contributed by atoms with Crippen LogP contribution >= 0.6 is 15.9 Å². The summed E-state index contributed by atoms with van der Waals surface area (Å²) in [7, 11) is 1.51. The summed E-state index contributed by atoms with van der Waals surface area (Å²) in [4.78, 5) is 12.6. The molecule has 2 heterocycles. The first kappa shape index (κ1) is 16.3. The highest BCUT2D eigenvalue weighted by Crippen LogP contribution is 2.28. The van der Waals surface area contributed by atoms with Gasteiger partial charge in [0, 0.05) is 0 Å². The highest BCUT2D eigenvalue weighted by molar-refractivity contribution is 9.10. The van der Waals surface area contributed by atoms with Crippen LogP contribution in [-0.2, 0) is 0 Å². The number of hydrogen-bond acceptors (Lipinski definition) is 6. The predicted molar refractivity (Wildman–Crippen MR) is 98.2 cm³/mol. The molecule has 130 valence electrons. The maximum Gasteiger partial charge on any atom is 0.322 e. The van der Waals surface area contributed by atoms with Crippen molar-refractivity contribution in [3.05, 3.63) is 58.8 Å². The second-order valence-electron chi connectivity index (χ2n) is 5.37. The van der Waals surface area contributed by atoms with E-state index in [4.69, 9.17) is 13.6 Å². The molecule has 0 unspecified atom stereocenters. The van der Waals surface area contributed by atoms with E-state index >= 15 is 0 Å². The molecule has 0 spiro atoms. The Morgan fingerprint density at radius 3 is 2.54 bits per heavy atom. The number of carbonyl (C=O) groups excluding carboxylic acids is 1. The summed E-state index contributed by atoms with van der Waals surface area (Å²) in [5.74, 6) is 0.601. The van der Waals surface area contributed by atoms with E-state index in [1.807, 2.05) is 30.3 Å². The minimum atomic E-state index is -0.413. The molecule has 26 heavy (non-hydrogen) atoms. The number of furan rings is 1. The third-order valence-corrected chi connectivity index (χ3v) is 4.17. The summed E-state index contributed by atoms with van der Waals surface area (Å²) in [6.45, 7) is 0. The van der Waals surface area contributed by atoms with Gasteiger partial charge in [0.25, 0.3) is 11.8 Å². The first-order chi connectivity index (χ1) is 12.6. The molecule has 1 N–H and O–H groups in total. The lowest BCUT2D eigenvalue weighted by Gasteiger charge is -2.09. The third-order valence-electron chi connectivity index (χ3n) is 3.74. The highest BCUT2D eigenvalue weighted by atomic mass is 79.9. The van der Waals surface area contributed by atoms with Crippen LogP contribution in [0.1, 0.15) is 10.4 Å². The number of methoxy groups -OCH3 is 1. The topological polar surface area (TPSA) is 90.4 Å². The molecule has 0 atom stereocenters. The van der Waals surface area contributed by atoms with Crippen molar-refractivity contribution in [1.29, 1.82) is 0 Å². The standard InChI is InChI=1S/C18H12BrN3O4/c1-24-14-9-11-5-3-2-4-10(11)8-12(14)16(23)20-18-22-21-17(26-18)13-6-7-15(19)25-13/h2-9H,1H3,(H,20,22,23). The summed E-state index contributed by atoms with van der Waals surface area (Å²) in [5.41, 5.74) is 0.367. The van der Waals surface area contributed by atoms with Gasteiger partial charge in [-0.2, -0.15) is 0 Å². The van der Waals surface area contributed by atoms with Crippen molar-refractivity contribution in [2.75, 3.05) is 12.4 Å². The molecule has 4 aromatic rings. The Kier molecular flexibility index (Phi) is 4.18. The number of ether oxygens (including phenoxy) is 1. The number of aromatic nitrogens is 2. The summed E-state index contributed by atoms with van der Waals surface area (Å²) < 4.78 is 16.7. The molecule has 0 bridgehead atoms. The van der Waals surface area contributed by atoms with Gasteiger partial charge in [-0.15, -0.1) is 5.10 Å². The largest absolute Gasteiger partial charge is 0.496 e. The van der Waals surface area contributed by atoms with Gasteiger partial charge in [-0.1, -0.05) is 29.4 Å². The Bertz CT molecular complexity index is 1100. The second kappa shape index (κ2) is 6.64. The van der Waals surface area contributed by atoms with E-state index in [0.29, 0.717) is 21.7 Å². The van der Waals surface area contributed by atoms with E-state index in [1.165, 1.54) is 7.11 Å². The van der Waals surface area contributed by atoms with Gasteiger partial charge in [0.05, 0.1) is 12.7 Å². The van der Waals surface area contributed by atoms with Gasteiger partial charge in [-0.3, -0.25) is 10.1 Å². The monoisotopic (exact) mass is 413 g/mol. The smallest absolute Gasteiger partial charge is 0.322 e. The average molecular weight is 414 g/mol. The molecular formula is C18H12BrN3O4. The van der Waals surface area contributed by atoms with Crippen LogP contribution in [0, 0.1) is 0 Å². The number of hydrogen-bond donors (Lipinski definition) is 1. The Morgan fingerprint density at radius 1 is 1.08 bits per heavy atom. The summed E-state index contributed by atoms with van der Waals surface area (Å²) >= 11 is 3.20. The molecule has 0 aliphatic heterocycles. The lowest BCUT2D eigenvalue weighted by Crippen LogP contribution is -2.13. The van der Waals surface area contributed by atoms with Crippen LogP contribution in [0.2, 0.25) is 0 Å². The number of amides is 1. The summed E-state index contributed by atoms with van der Waals surface area (Å²) in [6, 6.07) is 14.6. The number of halogens is 1. The first-order valence-electron chi connectivity index (χ1n) is 7.61. The first-order valence-corrected chi connectivity index (χ1v) is 8.40. The summed E-state index contributed by atoms with van der Waals surface area (Å²) in [5, 5.41) is 12.2. The van der Waals surface area contributed by atoms with Gasteiger partial charge in [0.2, 0.25) is 0 Å². The molecule has 2 aromatic carbocycles. The van der Waals surface area contributed by atoms with Crippen molar-refractivity contribution in [3.63, 3.8) is 0 Å². The molecule has 0 aliphatic carbocycles. The van der Waals surface area contributed by atoms with Gasteiger partial charge in [-0.25, -0.2) is 0 Å². The minimum Gasteiger partial charge on any atom is -0.496 e. The van der Waals surface area contributed by atoms with Crippen LogP contribution in [0.4, 0.5) is 6.01 Å². The number of nitrogens with one attached hydrogen (secondary N) is 1. The van der Waals surface area contributed by atoms with Crippen molar-refractivity contribution < 1.29 is 18.4 Å². The van der Waals surface area contributed by atoms with E-state index in [1.54, 1.807) is 18.2 Å². The maximum absolute atomic E-state index is 12.6. The molecule has 1 amide bonds. The van der Waals surface area contributed by atoms with Crippen molar-refractivity contribution in [1.82, 2.24) is 10.2 Å². The SMILES string of the molecule is COc1cc2ccccc2cc1C(=O)Nc1nnc(-c2ccc(Br)o2)o1. The van der Waals surface area contributed by atoms with Crippen LogP contribution in [0.25, 0.3) is 22.4 Å². The maximum atomic E-state index is 12.6. The third kappa shape index (κ3) is 3.06. The lowest BCUT2D eigenvalue weighted by atomic mass is 10.1. The Morgan fingerprint density at radius 2 is 1.85 bits per heavy atom. The van der Waals surface area contributed by atoms with Crippen LogP contribution in [0.3, 0.4) is 0 Å². The van der Waals surface area contributed by atoms with Crippen LogP contribution in [0.15, 0.2) is 62.0 Å². The number of fused-ring (bicyclic) bond motifs is 1. The fraction of sp³-hybridized carbons (Fsp3) is 0.0556. The van der Waals surface area contributed by atoms with Gasteiger partial charge in [-0.05, 0) is 51.0 Å². The molecular weight excluding hydrogens is 402 g/mol. The molecule has 0 aliphatic rings. The molecule has 4 rings (SSSR count). The van der Waals surface area contributed by atoms with Gasteiger partial charge in [0.15, 0.2) is 10.4 Å². The Labute approximate surface area is 156 Å².